The number of ether oxygens (including phenoxy) is 1. The lowest BCUT2D eigenvalue weighted by Gasteiger charge is -2.19. The van der Waals surface area contributed by atoms with Crippen LogP contribution in [0.3, 0.4) is 0 Å². The summed E-state index contributed by atoms with van der Waals surface area (Å²) in [6.07, 6.45) is 3.72. The number of rotatable bonds is 6. The summed E-state index contributed by atoms with van der Waals surface area (Å²) < 4.78 is 5.38. The van der Waals surface area contributed by atoms with Crippen molar-refractivity contribution < 1.29 is 4.74 Å². The minimum absolute atomic E-state index is 0.214. The molecule has 0 aliphatic heterocycles. The van der Waals surface area contributed by atoms with Crippen LogP contribution in [-0.2, 0) is 4.74 Å². The lowest BCUT2D eigenvalue weighted by molar-refractivity contribution is 0.0551. The van der Waals surface area contributed by atoms with Crippen molar-refractivity contribution in [1.29, 1.82) is 0 Å². The average Bonchev–Trinajstić information content (AvgIpc) is 2.00. The molecule has 0 fully saturated rings. The highest BCUT2D eigenvalue weighted by Gasteiger charge is 2.10. The Balaban J connectivity index is 3.38. The number of hydrogen-bond acceptors (Lipinski definition) is 2. The van der Waals surface area contributed by atoms with Crippen molar-refractivity contribution in [1.82, 2.24) is 0 Å². The summed E-state index contributed by atoms with van der Waals surface area (Å²) in [5, 5.41) is 0. The maximum atomic E-state index is 5.86. The Kier molecular flexibility index (Phi) is 6.57. The summed E-state index contributed by atoms with van der Waals surface area (Å²) in [5.41, 5.74) is 5.86. The van der Waals surface area contributed by atoms with Crippen LogP contribution in [0.1, 0.15) is 40.0 Å². The van der Waals surface area contributed by atoms with Gasteiger partial charge in [0, 0.05) is 12.6 Å². The molecule has 0 amide bonds. The fourth-order valence-electron chi connectivity index (χ4n) is 1.06. The van der Waals surface area contributed by atoms with Crippen LogP contribution in [-0.4, -0.2) is 18.8 Å². The fraction of sp³-hybridized carbons (Fsp3) is 1.00. The van der Waals surface area contributed by atoms with E-state index in [1.807, 2.05) is 13.8 Å². The standard InChI is InChI=1S/C9H21NO/c1-4-6-7-9(10)8(3)11-5-2/h8-9H,4-7,10H2,1-3H3. The third kappa shape index (κ3) is 5.22. The van der Waals surface area contributed by atoms with E-state index in [0.717, 1.165) is 13.0 Å². The van der Waals surface area contributed by atoms with Crippen molar-refractivity contribution in [3.05, 3.63) is 0 Å². The Morgan fingerprint density at radius 1 is 1.36 bits per heavy atom. The molecule has 11 heavy (non-hydrogen) atoms. The van der Waals surface area contributed by atoms with Crippen LogP contribution in [0.5, 0.6) is 0 Å². The zero-order chi connectivity index (χ0) is 8.69. The second-order valence-electron chi connectivity index (χ2n) is 2.97. The van der Waals surface area contributed by atoms with E-state index >= 15 is 0 Å². The zero-order valence-corrected chi connectivity index (χ0v) is 7.97. The first-order valence-corrected chi connectivity index (χ1v) is 4.59. The van der Waals surface area contributed by atoms with E-state index in [4.69, 9.17) is 10.5 Å². The van der Waals surface area contributed by atoms with E-state index in [-0.39, 0.29) is 12.1 Å². The third-order valence-corrected chi connectivity index (χ3v) is 1.92. The smallest absolute Gasteiger partial charge is 0.0697 e. The van der Waals surface area contributed by atoms with Gasteiger partial charge in [-0.15, -0.1) is 0 Å². The molecule has 0 aliphatic rings. The van der Waals surface area contributed by atoms with E-state index in [1.54, 1.807) is 0 Å². The van der Waals surface area contributed by atoms with Crippen LogP contribution >= 0.6 is 0 Å². The maximum absolute atomic E-state index is 5.86. The van der Waals surface area contributed by atoms with Crippen LogP contribution in [0.15, 0.2) is 0 Å². The Bertz CT molecular complexity index is 85.6. The Morgan fingerprint density at radius 2 is 2.00 bits per heavy atom. The summed E-state index contributed by atoms with van der Waals surface area (Å²) in [6, 6.07) is 0.217. The molecule has 2 nitrogen and oxygen atoms in total. The molecule has 0 saturated heterocycles. The highest BCUT2D eigenvalue weighted by molar-refractivity contribution is 4.68. The number of unbranched alkanes of at least 4 members (excludes halogenated alkanes) is 1. The molecule has 2 heteroatoms. The van der Waals surface area contributed by atoms with Gasteiger partial charge >= 0.3 is 0 Å². The molecule has 2 N–H and O–H groups in total. The van der Waals surface area contributed by atoms with Crippen LogP contribution in [0.4, 0.5) is 0 Å². The Hall–Kier alpha value is -0.0800. The van der Waals surface area contributed by atoms with Crippen LogP contribution < -0.4 is 5.73 Å². The second kappa shape index (κ2) is 6.62. The van der Waals surface area contributed by atoms with Crippen LogP contribution in [0.2, 0.25) is 0 Å². The molecule has 0 heterocycles. The largest absolute Gasteiger partial charge is 0.377 e. The fourth-order valence-corrected chi connectivity index (χ4v) is 1.06. The maximum Gasteiger partial charge on any atom is 0.0697 e. The molecule has 0 saturated carbocycles. The highest BCUT2D eigenvalue weighted by Crippen LogP contribution is 2.04. The highest BCUT2D eigenvalue weighted by atomic mass is 16.5. The van der Waals surface area contributed by atoms with E-state index in [2.05, 4.69) is 6.92 Å². The summed E-state index contributed by atoms with van der Waals surface area (Å²) >= 11 is 0. The van der Waals surface area contributed by atoms with Gasteiger partial charge in [-0.25, -0.2) is 0 Å². The van der Waals surface area contributed by atoms with Crippen molar-refractivity contribution in [2.75, 3.05) is 6.61 Å². The van der Waals surface area contributed by atoms with Crippen molar-refractivity contribution in [3.8, 4) is 0 Å². The van der Waals surface area contributed by atoms with Crippen molar-refractivity contribution >= 4 is 0 Å². The molecule has 0 rings (SSSR count). The lowest BCUT2D eigenvalue weighted by Crippen LogP contribution is -2.34. The molecule has 0 spiro atoms. The van der Waals surface area contributed by atoms with Gasteiger partial charge in [-0.05, 0) is 20.3 Å². The normalized spacial score (nSPS) is 16.4. The van der Waals surface area contributed by atoms with Gasteiger partial charge in [-0.1, -0.05) is 19.8 Å². The first-order chi connectivity index (χ1) is 5.22. The molecule has 2 unspecified atom stereocenters. The van der Waals surface area contributed by atoms with Gasteiger partial charge in [-0.3, -0.25) is 0 Å². The Morgan fingerprint density at radius 3 is 2.45 bits per heavy atom. The predicted molar refractivity (Wildman–Crippen MR) is 48.6 cm³/mol. The monoisotopic (exact) mass is 159 g/mol. The van der Waals surface area contributed by atoms with Crippen LogP contribution in [0.25, 0.3) is 0 Å². The SMILES string of the molecule is CCCCC(N)C(C)OCC. The molecule has 68 valence electrons. The van der Waals surface area contributed by atoms with E-state index in [1.165, 1.54) is 12.8 Å². The van der Waals surface area contributed by atoms with E-state index < -0.39 is 0 Å². The minimum atomic E-state index is 0.214. The summed E-state index contributed by atoms with van der Waals surface area (Å²) in [7, 11) is 0. The minimum Gasteiger partial charge on any atom is -0.377 e. The van der Waals surface area contributed by atoms with Gasteiger partial charge in [0.25, 0.3) is 0 Å². The zero-order valence-electron chi connectivity index (χ0n) is 7.97. The first kappa shape index (κ1) is 10.9. The summed E-state index contributed by atoms with van der Waals surface area (Å²) in [4.78, 5) is 0. The Labute approximate surface area is 70.1 Å². The van der Waals surface area contributed by atoms with Gasteiger partial charge in [0.1, 0.15) is 0 Å². The van der Waals surface area contributed by atoms with E-state index in [0.29, 0.717) is 0 Å². The number of hydrogen-bond donors (Lipinski definition) is 1. The number of nitrogens with two attached hydrogens (primary N) is 1. The van der Waals surface area contributed by atoms with Gasteiger partial charge in [-0.2, -0.15) is 0 Å². The van der Waals surface area contributed by atoms with Crippen molar-refractivity contribution in [2.24, 2.45) is 5.73 Å². The molecule has 0 radical (unpaired) electrons. The van der Waals surface area contributed by atoms with Gasteiger partial charge in [0.05, 0.1) is 6.10 Å². The molecule has 2 atom stereocenters. The second-order valence-corrected chi connectivity index (χ2v) is 2.97. The first-order valence-electron chi connectivity index (χ1n) is 4.59. The van der Waals surface area contributed by atoms with E-state index in [9.17, 15) is 0 Å². The van der Waals surface area contributed by atoms with Crippen molar-refractivity contribution in [3.63, 3.8) is 0 Å². The molecular weight excluding hydrogens is 138 g/mol. The van der Waals surface area contributed by atoms with Gasteiger partial charge in [0.2, 0.25) is 0 Å². The quantitative estimate of drug-likeness (QED) is 0.642. The molecule has 0 bridgehead atoms. The summed E-state index contributed by atoms with van der Waals surface area (Å²) in [6.45, 7) is 6.99. The summed E-state index contributed by atoms with van der Waals surface area (Å²) in [5.74, 6) is 0. The molecular formula is C9H21NO. The third-order valence-electron chi connectivity index (χ3n) is 1.92. The molecule has 0 aromatic carbocycles. The lowest BCUT2D eigenvalue weighted by atomic mass is 10.1. The van der Waals surface area contributed by atoms with Gasteiger partial charge in [0.15, 0.2) is 0 Å². The van der Waals surface area contributed by atoms with Crippen molar-refractivity contribution in [2.45, 2.75) is 52.2 Å². The van der Waals surface area contributed by atoms with Crippen LogP contribution in [0, 0.1) is 0 Å². The van der Waals surface area contributed by atoms with Gasteiger partial charge < -0.3 is 10.5 Å². The molecule has 0 aliphatic carbocycles. The predicted octanol–water partition coefficient (Wildman–Crippen LogP) is 1.93. The molecule has 0 aromatic heterocycles. The molecule has 0 aromatic rings. The average molecular weight is 159 g/mol. The topological polar surface area (TPSA) is 35.2 Å².